The van der Waals surface area contributed by atoms with Crippen LogP contribution >= 0.6 is 0 Å². The zero-order chi connectivity index (χ0) is 38.8. The summed E-state index contributed by atoms with van der Waals surface area (Å²) in [5.41, 5.74) is 17.2. The van der Waals surface area contributed by atoms with Gasteiger partial charge in [-0.05, 0) is 112 Å². The number of aryl methyl sites for hydroxylation is 2. The molecule has 0 aliphatic carbocycles. The molecule has 4 heteroatoms. The lowest BCUT2D eigenvalue weighted by Crippen LogP contribution is -2.00. The Balaban J connectivity index is 1.02. The molecule has 0 aliphatic heterocycles. The van der Waals surface area contributed by atoms with Crippen molar-refractivity contribution in [2.75, 3.05) is 0 Å². The van der Waals surface area contributed by atoms with Crippen LogP contribution < -0.4 is 0 Å². The van der Waals surface area contributed by atoms with E-state index < -0.39 is 0 Å². The summed E-state index contributed by atoms with van der Waals surface area (Å²) in [5.74, 6) is 0. The molecule has 0 spiro atoms. The third kappa shape index (κ3) is 4.40. The van der Waals surface area contributed by atoms with E-state index in [9.17, 15) is 0 Å². The van der Waals surface area contributed by atoms with E-state index in [2.05, 4.69) is 216 Å². The summed E-state index contributed by atoms with van der Waals surface area (Å²) in [6.45, 7) is 9.05. The molecule has 0 atom stereocenters. The predicted molar refractivity (Wildman–Crippen MR) is 245 cm³/mol. The number of hydrogen-bond acceptors (Lipinski definition) is 0. The van der Waals surface area contributed by atoms with Crippen LogP contribution in [0.3, 0.4) is 0 Å². The molecular formula is C54H40N4. The molecule has 4 heterocycles. The van der Waals surface area contributed by atoms with Gasteiger partial charge in [-0.2, -0.15) is 0 Å². The second-order valence-corrected chi connectivity index (χ2v) is 15.9. The molecular weight excluding hydrogens is 705 g/mol. The summed E-state index contributed by atoms with van der Waals surface area (Å²) in [4.78, 5) is 0. The second-order valence-electron chi connectivity index (χ2n) is 15.9. The van der Waals surface area contributed by atoms with Gasteiger partial charge in [0.25, 0.3) is 0 Å². The molecule has 12 rings (SSSR count). The van der Waals surface area contributed by atoms with Gasteiger partial charge in [-0.3, -0.25) is 0 Å². The topological polar surface area (TPSA) is 19.7 Å². The highest BCUT2D eigenvalue weighted by Gasteiger charge is 2.21. The number of hydrogen-bond donors (Lipinski definition) is 0. The van der Waals surface area contributed by atoms with Gasteiger partial charge in [0.05, 0.1) is 33.1 Å². The molecule has 0 N–H and O–H groups in total. The molecule has 4 nitrogen and oxygen atoms in total. The molecule has 0 unspecified atom stereocenters. The van der Waals surface area contributed by atoms with Crippen LogP contribution in [0.25, 0.3) is 98.9 Å². The van der Waals surface area contributed by atoms with Crippen molar-refractivity contribution in [2.45, 2.75) is 27.7 Å². The van der Waals surface area contributed by atoms with Crippen molar-refractivity contribution in [3.63, 3.8) is 0 Å². The van der Waals surface area contributed by atoms with Crippen LogP contribution in [0.1, 0.15) is 22.5 Å². The predicted octanol–water partition coefficient (Wildman–Crippen LogP) is 14.2. The fourth-order valence-electron chi connectivity index (χ4n) is 10.1. The minimum atomic E-state index is 1.16. The van der Waals surface area contributed by atoms with Crippen molar-refractivity contribution >= 4 is 76.2 Å². The quantitative estimate of drug-likeness (QED) is 0.171. The molecule has 0 radical (unpaired) electrons. The van der Waals surface area contributed by atoms with E-state index in [1.165, 1.54) is 98.7 Å². The van der Waals surface area contributed by atoms with Gasteiger partial charge in [-0.25, -0.2) is 0 Å². The van der Waals surface area contributed by atoms with Crippen molar-refractivity contribution < 1.29 is 0 Å². The molecule has 0 bridgehead atoms. The zero-order valence-electron chi connectivity index (χ0n) is 33.0. The second kappa shape index (κ2) is 12.1. The van der Waals surface area contributed by atoms with Crippen LogP contribution in [-0.4, -0.2) is 18.3 Å². The Morgan fingerprint density at radius 2 is 0.500 bits per heavy atom. The van der Waals surface area contributed by atoms with Crippen molar-refractivity contribution in [1.29, 1.82) is 0 Å². The first kappa shape index (κ1) is 32.9. The lowest BCUT2D eigenvalue weighted by molar-refractivity contribution is 1.04. The fourth-order valence-corrected chi connectivity index (χ4v) is 10.1. The van der Waals surface area contributed by atoms with Crippen LogP contribution in [-0.2, 0) is 0 Å². The van der Waals surface area contributed by atoms with Gasteiger partial charge < -0.3 is 18.3 Å². The highest BCUT2D eigenvalue weighted by Crippen LogP contribution is 2.41. The van der Waals surface area contributed by atoms with E-state index in [0.717, 1.165) is 22.7 Å². The van der Waals surface area contributed by atoms with Crippen LogP contribution in [0.5, 0.6) is 0 Å². The summed E-state index contributed by atoms with van der Waals surface area (Å²) < 4.78 is 9.73. The van der Waals surface area contributed by atoms with Crippen LogP contribution in [0.15, 0.2) is 170 Å². The maximum atomic E-state index is 2.47. The molecule has 0 saturated heterocycles. The highest BCUT2D eigenvalue weighted by atomic mass is 15.0. The monoisotopic (exact) mass is 744 g/mol. The number of benzene rings is 8. The molecule has 0 saturated carbocycles. The Morgan fingerprint density at radius 3 is 0.810 bits per heavy atom. The van der Waals surface area contributed by atoms with E-state index in [1.807, 2.05) is 0 Å². The minimum Gasteiger partial charge on any atom is -0.313 e. The fraction of sp³-hybridized carbons (Fsp3) is 0.0741. The van der Waals surface area contributed by atoms with Crippen molar-refractivity contribution in [3.05, 3.63) is 192 Å². The largest absolute Gasteiger partial charge is 0.313 e. The molecule has 0 aliphatic rings. The maximum Gasteiger partial charge on any atom is 0.0613 e. The maximum absolute atomic E-state index is 2.47. The molecule has 276 valence electrons. The number of rotatable bonds is 4. The highest BCUT2D eigenvalue weighted by molar-refractivity contribution is 6.18. The molecule has 4 aromatic heterocycles. The Bertz CT molecular complexity index is 3290. The lowest BCUT2D eigenvalue weighted by atomic mass is 10.0. The van der Waals surface area contributed by atoms with Gasteiger partial charge in [-0.1, -0.05) is 97.1 Å². The summed E-state index contributed by atoms with van der Waals surface area (Å²) >= 11 is 0. The zero-order valence-corrected chi connectivity index (χ0v) is 33.0. The summed E-state index contributed by atoms with van der Waals surface area (Å²) in [5, 5.41) is 10.2. The first-order valence-electron chi connectivity index (χ1n) is 20.2. The number of fused-ring (bicyclic) bond motifs is 11. The minimum absolute atomic E-state index is 1.16. The van der Waals surface area contributed by atoms with Gasteiger partial charge in [-0.15, -0.1) is 0 Å². The first-order chi connectivity index (χ1) is 28.5. The first-order valence-corrected chi connectivity index (χ1v) is 20.2. The Morgan fingerprint density at radius 1 is 0.241 bits per heavy atom. The van der Waals surface area contributed by atoms with E-state index in [-0.39, 0.29) is 0 Å². The Labute approximate surface area is 336 Å². The SMILES string of the molecule is Cc1c(C)n(-c2ccc(-n3c4ccccc4c4ccccc43)cc2)c2c1ccc1c2ccc2c(C)c(C)n(-c3ccc(-n4c5ccccc5c5ccccc54)cc3)c21. The van der Waals surface area contributed by atoms with E-state index >= 15 is 0 Å². The van der Waals surface area contributed by atoms with E-state index in [4.69, 9.17) is 0 Å². The summed E-state index contributed by atoms with van der Waals surface area (Å²) in [6, 6.07) is 62.5. The van der Waals surface area contributed by atoms with Gasteiger partial charge in [0.15, 0.2) is 0 Å². The molecule has 58 heavy (non-hydrogen) atoms. The average molecular weight is 745 g/mol. The lowest BCUT2D eigenvalue weighted by Gasteiger charge is -2.15. The van der Waals surface area contributed by atoms with Gasteiger partial charge in [0.2, 0.25) is 0 Å². The van der Waals surface area contributed by atoms with Gasteiger partial charge >= 0.3 is 0 Å². The molecule has 0 amide bonds. The van der Waals surface area contributed by atoms with Crippen LogP contribution in [0.2, 0.25) is 0 Å². The van der Waals surface area contributed by atoms with Crippen molar-refractivity contribution in [1.82, 2.24) is 18.3 Å². The Hall–Kier alpha value is -7.30. The standard InChI is InChI=1S/C54H40N4/c1-33-35(3)55(37-21-25-39(26-22-37)57-49-17-9-5-13-43(49)44-14-6-10-18-50(44)57)53-41(33)29-31-48-47(53)32-30-42-34(2)36(4)56(54(42)48)38-23-27-40(28-24-38)58-51-19-11-7-15-45(51)46-16-8-12-20-52(46)58/h5-32H,1-4H3. The summed E-state index contributed by atoms with van der Waals surface area (Å²) in [6.07, 6.45) is 0. The van der Waals surface area contributed by atoms with E-state index in [0.29, 0.717) is 0 Å². The normalized spacial score (nSPS) is 12.1. The van der Waals surface area contributed by atoms with Crippen molar-refractivity contribution in [2.24, 2.45) is 0 Å². The molecule has 0 fully saturated rings. The van der Waals surface area contributed by atoms with E-state index in [1.54, 1.807) is 0 Å². The summed E-state index contributed by atoms with van der Waals surface area (Å²) in [7, 11) is 0. The molecule has 12 aromatic rings. The van der Waals surface area contributed by atoms with Gasteiger partial charge in [0.1, 0.15) is 0 Å². The number of aromatic nitrogens is 4. The number of para-hydroxylation sites is 4. The molecule has 8 aromatic carbocycles. The Kier molecular flexibility index (Phi) is 6.86. The third-order valence-corrected chi connectivity index (χ3v) is 13.0. The third-order valence-electron chi connectivity index (χ3n) is 13.0. The van der Waals surface area contributed by atoms with Crippen LogP contribution in [0, 0.1) is 27.7 Å². The van der Waals surface area contributed by atoms with Crippen LogP contribution in [0.4, 0.5) is 0 Å². The average Bonchev–Trinajstić information content (AvgIpc) is 3.95. The smallest absolute Gasteiger partial charge is 0.0613 e. The van der Waals surface area contributed by atoms with Crippen molar-refractivity contribution in [3.8, 4) is 22.7 Å². The van der Waals surface area contributed by atoms with Gasteiger partial charge in [0, 0.05) is 77.2 Å². The number of nitrogens with zero attached hydrogens (tertiary/aromatic N) is 4.